The molecule has 2 heteroatoms. The molecule has 0 radical (unpaired) electrons. The molecule has 0 bridgehead atoms. The number of nitrogens with zero attached hydrogens (tertiary/aromatic N) is 2. The van der Waals surface area contributed by atoms with E-state index in [2.05, 4.69) is 36.0 Å². The molecule has 0 saturated heterocycles. The Labute approximate surface area is 229 Å². The smallest absolute Gasteiger partial charge is 0.0893 e. The molecule has 1 aliphatic heterocycles. The first-order chi connectivity index (χ1) is 17.9. The van der Waals surface area contributed by atoms with Crippen molar-refractivity contribution in [1.82, 2.24) is 9.80 Å². The van der Waals surface area contributed by atoms with Gasteiger partial charge in [0.15, 0.2) is 0 Å². The fraction of sp³-hybridized carbons (Fsp3) is 0.941. The summed E-state index contributed by atoms with van der Waals surface area (Å²) in [5.41, 5.74) is 0. The lowest BCUT2D eigenvalue weighted by atomic mass is 10.0. The first kappa shape index (κ1) is 33.4. The lowest BCUT2D eigenvalue weighted by Crippen LogP contribution is -2.26. The van der Waals surface area contributed by atoms with Crippen LogP contribution in [-0.4, -0.2) is 29.6 Å². The van der Waals surface area contributed by atoms with E-state index in [0.717, 1.165) is 6.67 Å². The Bertz CT molecular complexity index is 446. The highest BCUT2D eigenvalue weighted by atomic mass is 15.3. The van der Waals surface area contributed by atoms with Crippen molar-refractivity contribution in [3.05, 3.63) is 12.4 Å². The highest BCUT2D eigenvalue weighted by Crippen LogP contribution is 2.16. The van der Waals surface area contributed by atoms with Crippen LogP contribution in [0.15, 0.2) is 12.4 Å². The van der Waals surface area contributed by atoms with Crippen molar-refractivity contribution in [3.8, 4) is 0 Å². The molecule has 2 nitrogen and oxygen atoms in total. The highest BCUT2D eigenvalue weighted by Gasteiger charge is 2.11. The van der Waals surface area contributed by atoms with E-state index in [1.54, 1.807) is 0 Å². The van der Waals surface area contributed by atoms with E-state index in [1.807, 2.05) is 0 Å². The van der Waals surface area contributed by atoms with Crippen LogP contribution in [0.3, 0.4) is 0 Å². The van der Waals surface area contributed by atoms with Gasteiger partial charge < -0.3 is 9.80 Å². The average Bonchev–Trinajstić information content (AvgIpc) is 3.34. The fourth-order valence-electron chi connectivity index (χ4n) is 5.65. The maximum absolute atomic E-state index is 2.53. The molecule has 1 rings (SSSR count). The Hall–Kier alpha value is -0.660. The molecule has 0 N–H and O–H groups in total. The number of rotatable bonds is 29. The van der Waals surface area contributed by atoms with Crippen LogP contribution >= 0.6 is 0 Å². The molecule has 0 atom stereocenters. The van der Waals surface area contributed by atoms with Crippen LogP contribution in [0, 0.1) is 0 Å². The predicted molar refractivity (Wildman–Crippen MR) is 163 cm³/mol. The molecule has 0 aromatic rings. The van der Waals surface area contributed by atoms with Gasteiger partial charge in [-0.25, -0.2) is 0 Å². The lowest BCUT2D eigenvalue weighted by Gasteiger charge is -2.21. The number of unbranched alkanes of at least 4 members (excludes halogenated alkanes) is 25. The van der Waals surface area contributed by atoms with Crippen LogP contribution in [0.5, 0.6) is 0 Å². The summed E-state index contributed by atoms with van der Waals surface area (Å²) in [7, 11) is 0. The van der Waals surface area contributed by atoms with Crippen LogP contribution in [0.25, 0.3) is 0 Å². The van der Waals surface area contributed by atoms with Crippen molar-refractivity contribution in [2.75, 3.05) is 19.8 Å². The third-order valence-corrected chi connectivity index (χ3v) is 8.20. The van der Waals surface area contributed by atoms with Crippen LogP contribution < -0.4 is 0 Å². The molecule has 36 heavy (non-hydrogen) atoms. The van der Waals surface area contributed by atoms with Gasteiger partial charge in [0.2, 0.25) is 0 Å². The van der Waals surface area contributed by atoms with E-state index in [-0.39, 0.29) is 0 Å². The highest BCUT2D eigenvalue weighted by molar-refractivity contribution is 4.90. The standard InChI is InChI=1S/C34H68N2/c1-3-5-7-9-11-13-15-16-17-18-19-20-21-23-25-27-29-31-36-33-32-35(34-36)30-28-26-24-22-14-12-10-8-6-4-2/h32-33H,3-31,34H2,1-2H3. The minimum Gasteiger partial charge on any atom is -0.359 e. The maximum atomic E-state index is 2.53. The molecule has 1 aliphatic rings. The van der Waals surface area contributed by atoms with Gasteiger partial charge in [0.1, 0.15) is 0 Å². The zero-order valence-electron chi connectivity index (χ0n) is 25.3. The second-order valence-electron chi connectivity index (χ2n) is 11.9. The monoisotopic (exact) mass is 505 g/mol. The third kappa shape index (κ3) is 22.5. The molecule has 0 fully saturated rings. The molecule has 0 unspecified atom stereocenters. The quantitative estimate of drug-likeness (QED) is 0.0934. The molecule has 0 spiro atoms. The van der Waals surface area contributed by atoms with Gasteiger partial charge in [-0.1, -0.05) is 174 Å². The molecular formula is C34H68N2. The topological polar surface area (TPSA) is 6.48 Å². The summed E-state index contributed by atoms with van der Waals surface area (Å²) in [5, 5.41) is 0. The molecular weight excluding hydrogens is 436 g/mol. The van der Waals surface area contributed by atoms with Gasteiger partial charge in [-0.05, 0) is 12.8 Å². The molecule has 0 aliphatic carbocycles. The van der Waals surface area contributed by atoms with E-state index in [9.17, 15) is 0 Å². The fourth-order valence-corrected chi connectivity index (χ4v) is 5.65. The van der Waals surface area contributed by atoms with Gasteiger partial charge in [0.05, 0.1) is 6.67 Å². The van der Waals surface area contributed by atoms with Crippen molar-refractivity contribution in [1.29, 1.82) is 0 Å². The second kappa shape index (κ2) is 27.4. The Kier molecular flexibility index (Phi) is 25.4. The molecule has 0 saturated carbocycles. The van der Waals surface area contributed by atoms with Gasteiger partial charge in [-0.2, -0.15) is 0 Å². The minimum atomic E-state index is 1.14. The van der Waals surface area contributed by atoms with E-state index in [0.29, 0.717) is 0 Å². The summed E-state index contributed by atoms with van der Waals surface area (Å²) in [4.78, 5) is 5.06. The average molecular weight is 505 g/mol. The molecule has 1 heterocycles. The Morgan fingerprint density at radius 1 is 0.333 bits per heavy atom. The third-order valence-electron chi connectivity index (χ3n) is 8.20. The first-order valence-electron chi connectivity index (χ1n) is 17.0. The zero-order chi connectivity index (χ0) is 25.8. The molecule has 0 amide bonds. The van der Waals surface area contributed by atoms with Crippen molar-refractivity contribution in [3.63, 3.8) is 0 Å². The maximum Gasteiger partial charge on any atom is 0.0893 e. The lowest BCUT2D eigenvalue weighted by molar-refractivity contribution is 0.257. The molecule has 0 aromatic carbocycles. The second-order valence-corrected chi connectivity index (χ2v) is 11.9. The van der Waals surface area contributed by atoms with Gasteiger partial charge >= 0.3 is 0 Å². The Morgan fingerprint density at radius 2 is 0.556 bits per heavy atom. The van der Waals surface area contributed by atoms with Gasteiger partial charge in [-0.3, -0.25) is 0 Å². The van der Waals surface area contributed by atoms with Crippen LogP contribution in [0.2, 0.25) is 0 Å². The largest absolute Gasteiger partial charge is 0.359 e. The molecule has 214 valence electrons. The normalized spacial score (nSPS) is 13.4. The predicted octanol–water partition coefficient (Wildman–Crippen LogP) is 11.6. The van der Waals surface area contributed by atoms with Crippen molar-refractivity contribution >= 4 is 0 Å². The van der Waals surface area contributed by atoms with Gasteiger partial charge in [0, 0.05) is 25.5 Å². The van der Waals surface area contributed by atoms with Crippen LogP contribution in [0.4, 0.5) is 0 Å². The van der Waals surface area contributed by atoms with Crippen molar-refractivity contribution < 1.29 is 0 Å². The first-order valence-corrected chi connectivity index (χ1v) is 17.0. The summed E-state index contributed by atoms with van der Waals surface area (Å²) in [5.74, 6) is 0. The SMILES string of the molecule is CCCCCCCCCCCCCCCCCCCN1C=CN(CCCCCCCCCCCC)C1. The van der Waals surface area contributed by atoms with Gasteiger partial charge in [-0.15, -0.1) is 0 Å². The van der Waals surface area contributed by atoms with E-state index in [4.69, 9.17) is 0 Å². The van der Waals surface area contributed by atoms with Crippen LogP contribution in [0.1, 0.15) is 187 Å². The van der Waals surface area contributed by atoms with Gasteiger partial charge in [0.25, 0.3) is 0 Å². The van der Waals surface area contributed by atoms with Crippen molar-refractivity contribution in [2.45, 2.75) is 187 Å². The van der Waals surface area contributed by atoms with Crippen LogP contribution in [-0.2, 0) is 0 Å². The molecule has 0 aromatic heterocycles. The Balaban J connectivity index is 1.74. The summed E-state index contributed by atoms with van der Waals surface area (Å²) >= 11 is 0. The van der Waals surface area contributed by atoms with E-state index >= 15 is 0 Å². The zero-order valence-corrected chi connectivity index (χ0v) is 25.3. The van der Waals surface area contributed by atoms with E-state index < -0.39 is 0 Å². The summed E-state index contributed by atoms with van der Waals surface area (Å²) < 4.78 is 0. The summed E-state index contributed by atoms with van der Waals surface area (Å²) in [6, 6.07) is 0. The number of hydrogen-bond acceptors (Lipinski definition) is 2. The van der Waals surface area contributed by atoms with E-state index in [1.165, 1.54) is 186 Å². The Morgan fingerprint density at radius 3 is 0.806 bits per heavy atom. The number of hydrogen-bond donors (Lipinski definition) is 0. The summed E-state index contributed by atoms with van der Waals surface area (Å²) in [6.07, 6.45) is 43.7. The van der Waals surface area contributed by atoms with Crippen molar-refractivity contribution in [2.24, 2.45) is 0 Å². The summed E-state index contributed by atoms with van der Waals surface area (Å²) in [6.45, 7) is 8.25. The minimum absolute atomic E-state index is 1.14.